The van der Waals surface area contributed by atoms with Crippen LogP contribution in [0.3, 0.4) is 0 Å². The van der Waals surface area contributed by atoms with Gasteiger partial charge in [-0.05, 0) is 43.3 Å². The van der Waals surface area contributed by atoms with Crippen LogP contribution in [0.5, 0.6) is 11.6 Å². The van der Waals surface area contributed by atoms with Gasteiger partial charge in [0.1, 0.15) is 12.1 Å². The van der Waals surface area contributed by atoms with E-state index in [0.717, 1.165) is 16.4 Å². The summed E-state index contributed by atoms with van der Waals surface area (Å²) in [5, 5.41) is 11.5. The van der Waals surface area contributed by atoms with Crippen LogP contribution >= 0.6 is 15.9 Å². The fourth-order valence-corrected chi connectivity index (χ4v) is 2.47. The number of rotatable bonds is 6. The number of nitro groups is 1. The molecule has 0 saturated heterocycles. The van der Waals surface area contributed by atoms with Gasteiger partial charge in [0.05, 0.1) is 4.92 Å². The highest BCUT2D eigenvalue weighted by Crippen LogP contribution is 2.33. The molecule has 0 aliphatic carbocycles. The Morgan fingerprint density at radius 3 is 2.43 bits per heavy atom. The second kappa shape index (κ2) is 8.44. The first-order valence-corrected chi connectivity index (χ1v) is 8.79. The van der Waals surface area contributed by atoms with E-state index in [0.29, 0.717) is 11.3 Å². The minimum absolute atomic E-state index is 0.201. The summed E-state index contributed by atoms with van der Waals surface area (Å²) in [7, 11) is 0. The van der Waals surface area contributed by atoms with E-state index in [1.165, 1.54) is 0 Å². The van der Waals surface area contributed by atoms with Gasteiger partial charge < -0.3 is 4.74 Å². The molecule has 1 aromatic heterocycles. The number of aromatic nitrogens is 2. The highest BCUT2D eigenvalue weighted by Gasteiger charge is 2.25. The highest BCUT2D eigenvalue weighted by atomic mass is 79.9. The summed E-state index contributed by atoms with van der Waals surface area (Å²) in [6.45, 7) is 1.91. The molecule has 0 atom stereocenters. The van der Waals surface area contributed by atoms with Crippen molar-refractivity contribution in [2.75, 3.05) is 5.43 Å². The lowest BCUT2D eigenvalue weighted by molar-refractivity contribution is -0.385. The number of nitrogens with one attached hydrogen (secondary N) is 2. The molecule has 3 aromatic rings. The van der Waals surface area contributed by atoms with E-state index in [2.05, 4.69) is 36.7 Å². The Morgan fingerprint density at radius 2 is 1.79 bits per heavy atom. The Labute approximate surface area is 168 Å². The van der Waals surface area contributed by atoms with Gasteiger partial charge >= 0.3 is 11.6 Å². The van der Waals surface area contributed by atoms with Crippen molar-refractivity contribution >= 4 is 33.3 Å². The van der Waals surface area contributed by atoms with Crippen LogP contribution in [0.1, 0.15) is 15.9 Å². The Balaban J connectivity index is 1.80. The third-order valence-corrected chi connectivity index (χ3v) is 4.14. The number of nitrogens with zero attached hydrogens (tertiary/aromatic N) is 3. The maximum atomic E-state index is 12.2. The van der Waals surface area contributed by atoms with Crippen molar-refractivity contribution in [2.45, 2.75) is 6.92 Å². The van der Waals surface area contributed by atoms with Gasteiger partial charge in [0.25, 0.3) is 5.91 Å². The number of carbonyl (C=O) groups is 1. The van der Waals surface area contributed by atoms with Crippen molar-refractivity contribution in [3.05, 3.63) is 80.6 Å². The quantitative estimate of drug-likeness (QED) is 0.436. The van der Waals surface area contributed by atoms with Crippen LogP contribution in [0.4, 0.5) is 11.5 Å². The first-order valence-electron chi connectivity index (χ1n) is 8.00. The molecule has 0 spiro atoms. The van der Waals surface area contributed by atoms with E-state index >= 15 is 0 Å². The summed E-state index contributed by atoms with van der Waals surface area (Å²) in [6.07, 6.45) is 1.10. The van der Waals surface area contributed by atoms with Crippen LogP contribution in [0.15, 0.2) is 59.3 Å². The Hall–Kier alpha value is -3.53. The van der Waals surface area contributed by atoms with E-state index in [9.17, 15) is 14.9 Å². The zero-order chi connectivity index (χ0) is 20.1. The van der Waals surface area contributed by atoms with Crippen LogP contribution in [0, 0.1) is 17.0 Å². The van der Waals surface area contributed by atoms with Crippen molar-refractivity contribution in [1.82, 2.24) is 15.4 Å². The van der Waals surface area contributed by atoms with Crippen LogP contribution < -0.4 is 15.6 Å². The van der Waals surface area contributed by atoms with Gasteiger partial charge in [0.2, 0.25) is 5.82 Å². The third kappa shape index (κ3) is 4.60. The zero-order valence-corrected chi connectivity index (χ0v) is 16.1. The number of carbonyl (C=O) groups excluding carboxylic acids is 1. The molecule has 0 saturated carbocycles. The molecule has 1 heterocycles. The minimum Gasteiger partial charge on any atom is -0.434 e. The average molecular weight is 444 g/mol. The monoisotopic (exact) mass is 443 g/mol. The van der Waals surface area contributed by atoms with Crippen LogP contribution in [-0.4, -0.2) is 20.8 Å². The standard InChI is InChI=1S/C18H14BrN5O4/c1-11-2-8-14(9-3-11)28-18-15(24(26)27)16(20-10-21-18)22-23-17(25)12-4-6-13(19)7-5-12/h2-10H,1H3,(H,23,25)(H,20,21,22). The number of anilines is 1. The molecular weight excluding hydrogens is 430 g/mol. The van der Waals surface area contributed by atoms with Crippen molar-refractivity contribution in [3.63, 3.8) is 0 Å². The summed E-state index contributed by atoms with van der Waals surface area (Å²) >= 11 is 3.28. The molecule has 1 amide bonds. The van der Waals surface area contributed by atoms with Gasteiger partial charge in [0, 0.05) is 10.0 Å². The van der Waals surface area contributed by atoms with Crippen molar-refractivity contribution in [2.24, 2.45) is 0 Å². The predicted octanol–water partition coefficient (Wildman–Crippen LogP) is 4.00. The van der Waals surface area contributed by atoms with Gasteiger partial charge in [-0.25, -0.2) is 4.98 Å². The molecule has 0 aliphatic heterocycles. The molecular formula is C18H14BrN5O4. The predicted molar refractivity (Wildman–Crippen MR) is 105 cm³/mol. The van der Waals surface area contributed by atoms with E-state index in [1.807, 2.05) is 6.92 Å². The molecule has 0 unspecified atom stereocenters. The summed E-state index contributed by atoms with van der Waals surface area (Å²) in [6, 6.07) is 13.6. The number of aryl methyl sites for hydroxylation is 1. The Morgan fingerprint density at radius 1 is 1.11 bits per heavy atom. The van der Waals surface area contributed by atoms with Crippen LogP contribution in [0.2, 0.25) is 0 Å². The van der Waals surface area contributed by atoms with Crippen molar-refractivity contribution in [1.29, 1.82) is 0 Å². The van der Waals surface area contributed by atoms with Crippen LogP contribution in [-0.2, 0) is 0 Å². The third-order valence-electron chi connectivity index (χ3n) is 3.61. The second-order valence-electron chi connectivity index (χ2n) is 5.63. The first kappa shape index (κ1) is 19.2. The molecule has 2 aromatic carbocycles. The fraction of sp³-hybridized carbons (Fsp3) is 0.0556. The molecule has 142 valence electrons. The molecule has 10 heteroatoms. The fourth-order valence-electron chi connectivity index (χ4n) is 2.20. The van der Waals surface area contributed by atoms with Gasteiger partial charge in [-0.2, -0.15) is 4.98 Å². The number of halogens is 1. The largest absolute Gasteiger partial charge is 0.434 e. The maximum absolute atomic E-state index is 12.2. The van der Waals surface area contributed by atoms with Gasteiger partial charge in [0.15, 0.2) is 0 Å². The molecule has 0 fully saturated rings. The summed E-state index contributed by atoms with van der Waals surface area (Å²) in [5.74, 6) is -0.546. The Bertz CT molecular complexity index is 1010. The lowest BCUT2D eigenvalue weighted by Gasteiger charge is -2.10. The Kier molecular flexibility index (Phi) is 5.80. The molecule has 28 heavy (non-hydrogen) atoms. The minimum atomic E-state index is -0.683. The zero-order valence-electron chi connectivity index (χ0n) is 14.5. The number of hydrazine groups is 1. The molecule has 9 nitrogen and oxygen atoms in total. The topological polar surface area (TPSA) is 119 Å². The number of hydrogen-bond acceptors (Lipinski definition) is 7. The smallest absolute Gasteiger partial charge is 0.374 e. The van der Waals surface area contributed by atoms with Gasteiger partial charge in [-0.3, -0.25) is 25.8 Å². The molecule has 3 rings (SSSR count). The van der Waals surface area contributed by atoms with Crippen molar-refractivity contribution < 1.29 is 14.5 Å². The summed E-state index contributed by atoms with van der Waals surface area (Å²) in [5.41, 5.74) is 5.71. The summed E-state index contributed by atoms with van der Waals surface area (Å²) < 4.78 is 6.34. The van der Waals surface area contributed by atoms with Gasteiger partial charge in [-0.15, -0.1) is 0 Å². The van der Waals surface area contributed by atoms with E-state index < -0.39 is 16.5 Å². The van der Waals surface area contributed by atoms with Crippen molar-refractivity contribution in [3.8, 4) is 11.6 Å². The van der Waals surface area contributed by atoms with Crippen LogP contribution in [0.25, 0.3) is 0 Å². The van der Waals surface area contributed by atoms with E-state index in [-0.39, 0.29) is 11.7 Å². The highest BCUT2D eigenvalue weighted by molar-refractivity contribution is 9.10. The second-order valence-corrected chi connectivity index (χ2v) is 6.55. The normalized spacial score (nSPS) is 10.2. The molecule has 0 aliphatic rings. The lowest BCUT2D eigenvalue weighted by atomic mass is 10.2. The average Bonchev–Trinajstić information content (AvgIpc) is 2.68. The molecule has 0 radical (unpaired) electrons. The van der Waals surface area contributed by atoms with Gasteiger partial charge in [-0.1, -0.05) is 33.6 Å². The lowest BCUT2D eigenvalue weighted by Crippen LogP contribution is -2.30. The maximum Gasteiger partial charge on any atom is 0.374 e. The molecule has 2 N–H and O–H groups in total. The first-order chi connectivity index (χ1) is 13.4. The summed E-state index contributed by atoms with van der Waals surface area (Å²) in [4.78, 5) is 30.7. The van der Waals surface area contributed by atoms with E-state index in [1.54, 1.807) is 48.5 Å². The molecule has 0 bridgehead atoms. The number of hydrogen-bond donors (Lipinski definition) is 2. The number of ether oxygens (including phenoxy) is 1. The van der Waals surface area contributed by atoms with E-state index in [4.69, 9.17) is 4.74 Å². The number of amides is 1. The SMILES string of the molecule is Cc1ccc(Oc2ncnc(NNC(=O)c3ccc(Br)cc3)c2[N+](=O)[O-])cc1. The number of benzene rings is 2.